The minimum absolute atomic E-state index is 0.0611. The molecule has 0 radical (unpaired) electrons. The standard InChI is InChI=1S/C22H15ClN4O5/c23-13-5-6-19-12(7-13)8-16(22(31)32-19)18(28)11-26-9-14(24-25-26)10-27-17-4-2-1-3-15(17)20(29)21(27)30/h1-2,4-9,15H,3,10-11H2. The molecule has 2 aromatic heterocycles. The minimum Gasteiger partial charge on any atom is -0.422 e. The summed E-state index contributed by atoms with van der Waals surface area (Å²) < 4.78 is 6.48. The summed E-state index contributed by atoms with van der Waals surface area (Å²) >= 11 is 5.97. The van der Waals surface area contributed by atoms with E-state index in [-0.39, 0.29) is 18.7 Å². The van der Waals surface area contributed by atoms with Crippen LogP contribution in [0.5, 0.6) is 0 Å². The summed E-state index contributed by atoms with van der Waals surface area (Å²) in [5.74, 6) is -1.98. The molecule has 1 saturated heterocycles. The molecule has 1 aliphatic carbocycles. The number of ketones is 2. The van der Waals surface area contributed by atoms with Crippen molar-refractivity contribution in [1.82, 2.24) is 19.9 Å². The van der Waals surface area contributed by atoms with Crippen LogP contribution in [-0.4, -0.2) is 37.4 Å². The Hall–Kier alpha value is -3.85. The number of nitrogens with zero attached hydrogens (tertiary/aromatic N) is 4. The zero-order chi connectivity index (χ0) is 22.4. The van der Waals surface area contributed by atoms with Gasteiger partial charge in [-0.2, -0.15) is 0 Å². The zero-order valence-corrected chi connectivity index (χ0v) is 17.3. The van der Waals surface area contributed by atoms with Gasteiger partial charge in [0, 0.05) is 16.1 Å². The topological polar surface area (TPSA) is 115 Å². The molecule has 32 heavy (non-hydrogen) atoms. The van der Waals surface area contributed by atoms with Crippen LogP contribution >= 0.6 is 11.6 Å². The number of amides is 1. The molecule has 5 rings (SSSR count). The molecule has 0 N–H and O–H groups in total. The highest BCUT2D eigenvalue weighted by atomic mass is 35.5. The lowest BCUT2D eigenvalue weighted by Gasteiger charge is -2.18. The second-order valence-corrected chi connectivity index (χ2v) is 7.96. The molecule has 2 aliphatic rings. The Kier molecular flexibility index (Phi) is 4.82. The summed E-state index contributed by atoms with van der Waals surface area (Å²) in [6, 6.07) is 6.18. The number of hydrogen-bond donors (Lipinski definition) is 0. The summed E-state index contributed by atoms with van der Waals surface area (Å²) in [5, 5.41) is 8.89. The molecule has 9 nitrogen and oxygen atoms in total. The lowest BCUT2D eigenvalue weighted by Crippen LogP contribution is -2.26. The van der Waals surface area contributed by atoms with Crippen LogP contribution in [-0.2, 0) is 22.7 Å². The van der Waals surface area contributed by atoms with E-state index >= 15 is 0 Å². The fraction of sp³-hybridized carbons (Fsp3) is 0.182. The third-order valence-electron chi connectivity index (χ3n) is 5.42. The largest absolute Gasteiger partial charge is 0.422 e. The molecular formula is C22H15ClN4O5. The Bertz CT molecular complexity index is 1420. The maximum Gasteiger partial charge on any atom is 0.347 e. The molecule has 1 aliphatic heterocycles. The number of Topliss-reactive ketones (excluding diaryl/α,β-unsaturated/α-hetero) is 2. The zero-order valence-electron chi connectivity index (χ0n) is 16.5. The van der Waals surface area contributed by atoms with Gasteiger partial charge < -0.3 is 9.32 Å². The molecule has 3 heterocycles. The summed E-state index contributed by atoms with van der Waals surface area (Å²) in [6.07, 6.45) is 7.40. The Balaban J connectivity index is 1.35. The van der Waals surface area contributed by atoms with E-state index in [1.807, 2.05) is 12.2 Å². The lowest BCUT2D eigenvalue weighted by molar-refractivity contribution is -0.140. The third-order valence-corrected chi connectivity index (χ3v) is 5.66. The average molecular weight is 451 g/mol. The van der Waals surface area contributed by atoms with Crippen molar-refractivity contribution in [3.05, 3.63) is 81.1 Å². The van der Waals surface area contributed by atoms with Crippen molar-refractivity contribution in [2.24, 2.45) is 5.92 Å². The molecule has 1 amide bonds. The number of likely N-dealkylation sites (tertiary alicyclic amines) is 1. The minimum atomic E-state index is -0.755. The van der Waals surface area contributed by atoms with Crippen LogP contribution in [0.4, 0.5) is 0 Å². The fourth-order valence-corrected chi connectivity index (χ4v) is 4.05. The number of fused-ring (bicyclic) bond motifs is 2. The van der Waals surface area contributed by atoms with E-state index in [0.29, 0.717) is 33.8 Å². The molecule has 1 atom stereocenters. The molecule has 0 saturated carbocycles. The van der Waals surface area contributed by atoms with Crippen molar-refractivity contribution in [2.75, 3.05) is 0 Å². The van der Waals surface area contributed by atoms with E-state index < -0.39 is 29.0 Å². The van der Waals surface area contributed by atoms with E-state index in [1.54, 1.807) is 24.3 Å². The monoisotopic (exact) mass is 450 g/mol. The van der Waals surface area contributed by atoms with Gasteiger partial charge in [0.15, 0.2) is 5.78 Å². The first-order valence-electron chi connectivity index (χ1n) is 9.79. The van der Waals surface area contributed by atoms with Crippen LogP contribution in [0.3, 0.4) is 0 Å². The Labute approximate surface area is 185 Å². The first-order valence-corrected chi connectivity index (χ1v) is 10.2. The fourth-order valence-electron chi connectivity index (χ4n) is 3.87. The van der Waals surface area contributed by atoms with E-state index in [1.165, 1.54) is 21.8 Å². The lowest BCUT2D eigenvalue weighted by atomic mass is 9.96. The first-order chi connectivity index (χ1) is 15.4. The van der Waals surface area contributed by atoms with E-state index in [0.717, 1.165) is 0 Å². The van der Waals surface area contributed by atoms with Crippen molar-refractivity contribution in [3.63, 3.8) is 0 Å². The van der Waals surface area contributed by atoms with Gasteiger partial charge >= 0.3 is 5.63 Å². The smallest absolute Gasteiger partial charge is 0.347 e. The van der Waals surface area contributed by atoms with Crippen molar-refractivity contribution >= 4 is 40.0 Å². The van der Waals surface area contributed by atoms with Crippen LogP contribution in [0.25, 0.3) is 11.0 Å². The highest BCUT2D eigenvalue weighted by Gasteiger charge is 2.43. The van der Waals surface area contributed by atoms with Crippen molar-refractivity contribution < 1.29 is 18.8 Å². The van der Waals surface area contributed by atoms with Gasteiger partial charge in [-0.15, -0.1) is 5.10 Å². The molecule has 1 unspecified atom stereocenters. The van der Waals surface area contributed by atoms with Gasteiger partial charge in [-0.3, -0.25) is 14.4 Å². The molecule has 0 bridgehead atoms. The number of aromatic nitrogens is 3. The second-order valence-electron chi connectivity index (χ2n) is 7.52. The van der Waals surface area contributed by atoms with Gasteiger partial charge in [-0.05, 0) is 36.8 Å². The van der Waals surface area contributed by atoms with Gasteiger partial charge in [0.05, 0.1) is 18.7 Å². The van der Waals surface area contributed by atoms with E-state index in [4.69, 9.17) is 16.0 Å². The average Bonchev–Trinajstić information content (AvgIpc) is 3.31. The Morgan fingerprint density at radius 2 is 2.06 bits per heavy atom. The second kappa shape index (κ2) is 7.69. The molecule has 1 fully saturated rings. The number of carbonyl (C=O) groups is 3. The van der Waals surface area contributed by atoms with Crippen molar-refractivity contribution in [3.8, 4) is 0 Å². The summed E-state index contributed by atoms with van der Waals surface area (Å²) in [7, 11) is 0. The van der Waals surface area contributed by atoms with E-state index in [9.17, 15) is 19.2 Å². The van der Waals surface area contributed by atoms with Gasteiger partial charge in [0.1, 0.15) is 23.4 Å². The van der Waals surface area contributed by atoms with Crippen LogP contribution < -0.4 is 5.63 Å². The van der Waals surface area contributed by atoms with Gasteiger partial charge in [-0.25, -0.2) is 9.48 Å². The van der Waals surface area contributed by atoms with Gasteiger partial charge in [0.2, 0.25) is 5.78 Å². The molecule has 160 valence electrons. The number of allylic oxidation sites excluding steroid dienone is 4. The molecule has 1 aromatic carbocycles. The molecule has 0 spiro atoms. The maximum absolute atomic E-state index is 12.7. The van der Waals surface area contributed by atoms with Crippen LogP contribution in [0.1, 0.15) is 22.5 Å². The predicted octanol–water partition coefficient (Wildman–Crippen LogP) is 2.29. The van der Waals surface area contributed by atoms with Crippen LogP contribution in [0.15, 0.2) is 63.6 Å². The number of halogens is 1. The van der Waals surface area contributed by atoms with Gasteiger partial charge in [-0.1, -0.05) is 29.0 Å². The SMILES string of the molecule is O=C(Cn1cc(CN2C(=O)C(=O)C3CC=CC=C32)nn1)c1cc2cc(Cl)ccc2oc1=O. The maximum atomic E-state index is 12.7. The number of hydrogen-bond acceptors (Lipinski definition) is 7. The molecular weight excluding hydrogens is 436 g/mol. The van der Waals surface area contributed by atoms with Crippen LogP contribution in [0, 0.1) is 5.92 Å². The van der Waals surface area contributed by atoms with Gasteiger partial charge in [0.25, 0.3) is 5.91 Å². The third kappa shape index (κ3) is 3.46. The molecule has 10 heteroatoms. The summed E-state index contributed by atoms with van der Waals surface area (Å²) in [5.41, 5.74) is 0.496. The summed E-state index contributed by atoms with van der Waals surface area (Å²) in [4.78, 5) is 50.9. The quantitative estimate of drug-likeness (QED) is 0.332. The Morgan fingerprint density at radius 1 is 1.22 bits per heavy atom. The Morgan fingerprint density at radius 3 is 2.91 bits per heavy atom. The van der Waals surface area contributed by atoms with E-state index in [2.05, 4.69) is 10.3 Å². The first kappa shape index (κ1) is 20.1. The number of rotatable bonds is 5. The highest BCUT2D eigenvalue weighted by Crippen LogP contribution is 2.32. The highest BCUT2D eigenvalue weighted by molar-refractivity contribution is 6.40. The predicted molar refractivity (Wildman–Crippen MR) is 113 cm³/mol. The normalized spacial score (nSPS) is 17.7. The number of carbonyl (C=O) groups excluding carboxylic acids is 3. The van der Waals surface area contributed by atoms with Crippen LogP contribution in [0.2, 0.25) is 5.02 Å². The summed E-state index contributed by atoms with van der Waals surface area (Å²) in [6.45, 7) is -0.184. The van der Waals surface area contributed by atoms with Crippen molar-refractivity contribution in [1.29, 1.82) is 0 Å². The van der Waals surface area contributed by atoms with Crippen molar-refractivity contribution in [2.45, 2.75) is 19.5 Å². The number of benzene rings is 1. The molecule has 3 aromatic rings.